The SMILES string of the molecule is CCOc1cccc(NC(=O)[C@H](C)Oc2ccc(OC)cc2)c1. The molecule has 2 rings (SSSR count). The second-order valence-corrected chi connectivity index (χ2v) is 4.89. The number of hydrogen-bond acceptors (Lipinski definition) is 4. The van der Waals surface area contributed by atoms with Crippen LogP contribution < -0.4 is 19.5 Å². The van der Waals surface area contributed by atoms with Gasteiger partial charge < -0.3 is 19.5 Å². The van der Waals surface area contributed by atoms with E-state index in [0.717, 1.165) is 5.75 Å². The molecule has 0 spiro atoms. The molecule has 0 aromatic heterocycles. The molecule has 1 atom stereocenters. The summed E-state index contributed by atoms with van der Waals surface area (Å²) in [5.41, 5.74) is 0.672. The first-order valence-corrected chi connectivity index (χ1v) is 7.46. The van der Waals surface area contributed by atoms with E-state index in [2.05, 4.69) is 5.32 Å². The molecule has 0 saturated carbocycles. The summed E-state index contributed by atoms with van der Waals surface area (Å²) < 4.78 is 16.1. The van der Waals surface area contributed by atoms with Crippen LogP contribution in [0.1, 0.15) is 13.8 Å². The van der Waals surface area contributed by atoms with E-state index >= 15 is 0 Å². The van der Waals surface area contributed by atoms with Gasteiger partial charge in [-0.15, -0.1) is 0 Å². The number of carbonyl (C=O) groups is 1. The number of methoxy groups -OCH3 is 1. The Morgan fingerprint density at radius 3 is 2.43 bits per heavy atom. The molecule has 2 aromatic carbocycles. The van der Waals surface area contributed by atoms with E-state index in [-0.39, 0.29) is 5.91 Å². The maximum atomic E-state index is 12.2. The lowest BCUT2D eigenvalue weighted by atomic mass is 10.2. The van der Waals surface area contributed by atoms with E-state index < -0.39 is 6.10 Å². The third kappa shape index (κ3) is 4.92. The van der Waals surface area contributed by atoms with E-state index in [1.165, 1.54) is 0 Å². The van der Waals surface area contributed by atoms with Crippen molar-refractivity contribution in [3.8, 4) is 17.2 Å². The van der Waals surface area contributed by atoms with Crippen molar-refractivity contribution in [1.29, 1.82) is 0 Å². The van der Waals surface area contributed by atoms with Gasteiger partial charge in [-0.1, -0.05) is 6.07 Å². The van der Waals surface area contributed by atoms with E-state index in [0.29, 0.717) is 23.8 Å². The van der Waals surface area contributed by atoms with Gasteiger partial charge in [-0.3, -0.25) is 4.79 Å². The van der Waals surface area contributed by atoms with Crippen LogP contribution in [0.5, 0.6) is 17.2 Å². The molecule has 1 N–H and O–H groups in total. The predicted molar refractivity (Wildman–Crippen MR) is 89.3 cm³/mol. The number of amides is 1. The van der Waals surface area contributed by atoms with Gasteiger partial charge in [0.1, 0.15) is 17.2 Å². The van der Waals surface area contributed by atoms with Crippen molar-refractivity contribution < 1.29 is 19.0 Å². The Hall–Kier alpha value is -2.69. The second-order valence-electron chi connectivity index (χ2n) is 4.89. The van der Waals surface area contributed by atoms with Crippen LogP contribution in [0.15, 0.2) is 48.5 Å². The summed E-state index contributed by atoms with van der Waals surface area (Å²) in [5, 5.41) is 2.81. The molecule has 1 amide bonds. The molecule has 23 heavy (non-hydrogen) atoms. The summed E-state index contributed by atoms with van der Waals surface area (Å²) in [5.74, 6) is 1.84. The molecule has 0 aliphatic rings. The van der Waals surface area contributed by atoms with Gasteiger partial charge in [0.2, 0.25) is 0 Å². The van der Waals surface area contributed by atoms with Crippen LogP contribution in [-0.2, 0) is 4.79 Å². The molecule has 5 heteroatoms. The summed E-state index contributed by atoms with van der Waals surface area (Å²) in [6.07, 6.45) is -0.626. The Morgan fingerprint density at radius 1 is 1.09 bits per heavy atom. The van der Waals surface area contributed by atoms with Crippen molar-refractivity contribution in [1.82, 2.24) is 0 Å². The molecule has 2 aromatic rings. The van der Waals surface area contributed by atoms with E-state index in [9.17, 15) is 4.79 Å². The Morgan fingerprint density at radius 2 is 1.78 bits per heavy atom. The van der Waals surface area contributed by atoms with Crippen molar-refractivity contribution in [2.75, 3.05) is 19.0 Å². The molecule has 0 saturated heterocycles. The molecule has 122 valence electrons. The summed E-state index contributed by atoms with van der Waals surface area (Å²) in [6.45, 7) is 4.19. The minimum atomic E-state index is -0.626. The van der Waals surface area contributed by atoms with Gasteiger partial charge in [0.25, 0.3) is 5.91 Å². The van der Waals surface area contributed by atoms with Gasteiger partial charge in [-0.05, 0) is 50.2 Å². The van der Waals surface area contributed by atoms with Gasteiger partial charge in [0, 0.05) is 11.8 Å². The zero-order valence-corrected chi connectivity index (χ0v) is 13.5. The first-order valence-electron chi connectivity index (χ1n) is 7.46. The smallest absolute Gasteiger partial charge is 0.265 e. The standard InChI is InChI=1S/C18H21NO4/c1-4-22-17-7-5-6-14(12-17)19-18(20)13(2)23-16-10-8-15(21-3)9-11-16/h5-13H,4H2,1-3H3,(H,19,20)/t13-/m0/s1. The summed E-state index contributed by atoms with van der Waals surface area (Å²) in [4.78, 5) is 12.2. The third-order valence-electron chi connectivity index (χ3n) is 3.15. The molecule has 0 heterocycles. The average molecular weight is 315 g/mol. The molecule has 0 fully saturated rings. The second kappa shape index (κ2) is 8.08. The highest BCUT2D eigenvalue weighted by Crippen LogP contribution is 2.20. The molecule has 0 aliphatic carbocycles. The van der Waals surface area contributed by atoms with Crippen molar-refractivity contribution in [2.45, 2.75) is 20.0 Å². The number of benzene rings is 2. The topological polar surface area (TPSA) is 56.8 Å². The van der Waals surface area contributed by atoms with Crippen molar-refractivity contribution in [3.05, 3.63) is 48.5 Å². The fourth-order valence-corrected chi connectivity index (χ4v) is 1.99. The Balaban J connectivity index is 1.95. The fraction of sp³-hybridized carbons (Fsp3) is 0.278. The van der Waals surface area contributed by atoms with Crippen LogP contribution in [0.2, 0.25) is 0 Å². The zero-order valence-electron chi connectivity index (χ0n) is 13.5. The molecule has 0 aliphatic heterocycles. The highest BCUT2D eigenvalue weighted by molar-refractivity contribution is 5.94. The highest BCUT2D eigenvalue weighted by atomic mass is 16.5. The van der Waals surface area contributed by atoms with Crippen LogP contribution in [0.25, 0.3) is 0 Å². The minimum Gasteiger partial charge on any atom is -0.497 e. The summed E-state index contributed by atoms with van der Waals surface area (Å²) >= 11 is 0. The minimum absolute atomic E-state index is 0.227. The third-order valence-corrected chi connectivity index (χ3v) is 3.15. The average Bonchev–Trinajstić information content (AvgIpc) is 2.56. The maximum absolute atomic E-state index is 12.2. The highest BCUT2D eigenvalue weighted by Gasteiger charge is 2.15. The number of rotatable bonds is 7. The van der Waals surface area contributed by atoms with E-state index in [1.807, 2.05) is 19.1 Å². The molecular weight excluding hydrogens is 294 g/mol. The van der Waals surface area contributed by atoms with Crippen LogP contribution in [0.3, 0.4) is 0 Å². The van der Waals surface area contributed by atoms with Gasteiger partial charge in [-0.25, -0.2) is 0 Å². The molecular formula is C18H21NO4. The Kier molecular flexibility index (Phi) is 5.86. The van der Waals surface area contributed by atoms with E-state index in [1.54, 1.807) is 50.4 Å². The van der Waals surface area contributed by atoms with E-state index in [4.69, 9.17) is 14.2 Å². The summed E-state index contributed by atoms with van der Waals surface area (Å²) in [6, 6.07) is 14.3. The molecule has 0 bridgehead atoms. The van der Waals surface area contributed by atoms with Crippen molar-refractivity contribution in [2.24, 2.45) is 0 Å². The quantitative estimate of drug-likeness (QED) is 0.849. The largest absolute Gasteiger partial charge is 0.497 e. The van der Waals surface area contributed by atoms with Gasteiger partial charge in [0.15, 0.2) is 6.10 Å². The number of hydrogen-bond donors (Lipinski definition) is 1. The van der Waals surface area contributed by atoms with Crippen molar-refractivity contribution >= 4 is 11.6 Å². The lowest BCUT2D eigenvalue weighted by molar-refractivity contribution is -0.122. The molecule has 0 radical (unpaired) electrons. The predicted octanol–water partition coefficient (Wildman–Crippen LogP) is 3.50. The van der Waals surface area contributed by atoms with Crippen LogP contribution in [0, 0.1) is 0 Å². The van der Waals surface area contributed by atoms with Gasteiger partial charge in [-0.2, -0.15) is 0 Å². The number of anilines is 1. The monoisotopic (exact) mass is 315 g/mol. The zero-order chi connectivity index (χ0) is 16.7. The summed E-state index contributed by atoms with van der Waals surface area (Å²) in [7, 11) is 1.60. The van der Waals surface area contributed by atoms with Crippen molar-refractivity contribution in [3.63, 3.8) is 0 Å². The molecule has 0 unspecified atom stereocenters. The fourth-order valence-electron chi connectivity index (χ4n) is 1.99. The first-order chi connectivity index (χ1) is 11.1. The lowest BCUT2D eigenvalue weighted by Crippen LogP contribution is -2.30. The Labute approximate surface area is 136 Å². The first kappa shape index (κ1) is 16.7. The van der Waals surface area contributed by atoms with Crippen LogP contribution in [0.4, 0.5) is 5.69 Å². The van der Waals surface area contributed by atoms with Crippen LogP contribution in [-0.4, -0.2) is 25.7 Å². The molecule has 5 nitrogen and oxygen atoms in total. The maximum Gasteiger partial charge on any atom is 0.265 e. The van der Waals surface area contributed by atoms with Gasteiger partial charge >= 0.3 is 0 Å². The number of carbonyl (C=O) groups excluding carboxylic acids is 1. The number of nitrogens with one attached hydrogen (secondary N) is 1. The lowest BCUT2D eigenvalue weighted by Gasteiger charge is -2.15. The van der Waals surface area contributed by atoms with Crippen LogP contribution >= 0.6 is 0 Å². The number of ether oxygens (including phenoxy) is 3. The Bertz CT molecular complexity index is 640. The normalized spacial score (nSPS) is 11.4. The van der Waals surface area contributed by atoms with Gasteiger partial charge in [0.05, 0.1) is 13.7 Å².